The molecule has 1 unspecified atom stereocenters. The Labute approximate surface area is 261 Å². The highest BCUT2D eigenvalue weighted by molar-refractivity contribution is 7.92. The summed E-state index contributed by atoms with van der Waals surface area (Å²) in [5.74, 6) is 0.0788. The van der Waals surface area contributed by atoms with Crippen LogP contribution in [0.1, 0.15) is 56.6 Å². The van der Waals surface area contributed by atoms with Gasteiger partial charge in [0.1, 0.15) is 24.1 Å². The Hall–Kier alpha value is -4.05. The van der Waals surface area contributed by atoms with Gasteiger partial charge in [-0.1, -0.05) is 68.1 Å². The monoisotopic (exact) mass is 621 g/mol. The van der Waals surface area contributed by atoms with E-state index in [2.05, 4.69) is 5.32 Å². The van der Waals surface area contributed by atoms with E-state index in [0.717, 1.165) is 47.5 Å². The Morgan fingerprint density at radius 3 is 2.27 bits per heavy atom. The number of carbonyl (C=O) groups excluding carboxylic acids is 2. The summed E-state index contributed by atoms with van der Waals surface area (Å²) in [6, 6.07) is 19.7. The fourth-order valence-electron chi connectivity index (χ4n) is 5.70. The Morgan fingerprint density at radius 2 is 1.64 bits per heavy atom. The van der Waals surface area contributed by atoms with Crippen molar-refractivity contribution in [3.8, 4) is 11.5 Å². The maximum absolute atomic E-state index is 14.4. The van der Waals surface area contributed by atoms with E-state index in [1.165, 1.54) is 31.3 Å². The molecule has 1 fully saturated rings. The summed E-state index contributed by atoms with van der Waals surface area (Å²) in [4.78, 5) is 29.6. The number of ether oxygens (including phenoxy) is 2. The Balaban J connectivity index is 1.74. The molecule has 2 amide bonds. The van der Waals surface area contributed by atoms with Gasteiger partial charge in [0, 0.05) is 12.6 Å². The van der Waals surface area contributed by atoms with Gasteiger partial charge in [-0.15, -0.1) is 0 Å². The lowest BCUT2D eigenvalue weighted by Crippen LogP contribution is -2.54. The van der Waals surface area contributed by atoms with Gasteiger partial charge in [-0.2, -0.15) is 0 Å². The van der Waals surface area contributed by atoms with Crippen molar-refractivity contribution in [2.24, 2.45) is 0 Å². The van der Waals surface area contributed by atoms with Gasteiger partial charge in [0.15, 0.2) is 0 Å². The summed E-state index contributed by atoms with van der Waals surface area (Å²) >= 11 is 0. The van der Waals surface area contributed by atoms with Crippen molar-refractivity contribution >= 4 is 27.5 Å². The van der Waals surface area contributed by atoms with Crippen molar-refractivity contribution in [3.05, 3.63) is 83.9 Å². The molecule has 3 aromatic rings. The Bertz CT molecular complexity index is 1520. The molecule has 0 saturated heterocycles. The van der Waals surface area contributed by atoms with Crippen LogP contribution in [-0.2, 0) is 26.2 Å². The molecule has 0 spiro atoms. The normalized spacial score (nSPS) is 14.4. The van der Waals surface area contributed by atoms with Crippen LogP contribution in [0.25, 0.3) is 0 Å². The van der Waals surface area contributed by atoms with Gasteiger partial charge >= 0.3 is 0 Å². The number of rotatable bonds is 13. The van der Waals surface area contributed by atoms with Crippen molar-refractivity contribution < 1.29 is 27.5 Å². The van der Waals surface area contributed by atoms with E-state index in [9.17, 15) is 18.0 Å². The predicted molar refractivity (Wildman–Crippen MR) is 171 cm³/mol. The number of nitrogens with zero attached hydrogens (tertiary/aromatic N) is 2. The van der Waals surface area contributed by atoms with Gasteiger partial charge in [-0.25, -0.2) is 8.42 Å². The minimum absolute atomic E-state index is 0.00989. The molecule has 1 saturated carbocycles. The van der Waals surface area contributed by atoms with E-state index in [-0.39, 0.29) is 29.1 Å². The van der Waals surface area contributed by atoms with Crippen molar-refractivity contribution in [2.45, 2.75) is 75.9 Å². The van der Waals surface area contributed by atoms with Crippen LogP contribution >= 0.6 is 0 Å². The van der Waals surface area contributed by atoms with Crippen molar-refractivity contribution in [1.29, 1.82) is 0 Å². The van der Waals surface area contributed by atoms with Crippen LogP contribution in [0.3, 0.4) is 0 Å². The molecular formula is C34H43N3O6S. The van der Waals surface area contributed by atoms with Crippen molar-refractivity contribution in [3.63, 3.8) is 0 Å². The third kappa shape index (κ3) is 7.91. The zero-order chi connectivity index (χ0) is 31.7. The number of hydrogen-bond donors (Lipinski definition) is 1. The van der Waals surface area contributed by atoms with Crippen LogP contribution in [-0.4, -0.2) is 58.0 Å². The summed E-state index contributed by atoms with van der Waals surface area (Å²) in [5.41, 5.74) is 2.09. The molecule has 1 atom stereocenters. The van der Waals surface area contributed by atoms with Crippen LogP contribution in [0.5, 0.6) is 11.5 Å². The Morgan fingerprint density at radius 1 is 0.932 bits per heavy atom. The molecule has 0 bridgehead atoms. The van der Waals surface area contributed by atoms with E-state index in [4.69, 9.17) is 9.47 Å². The van der Waals surface area contributed by atoms with Gasteiger partial charge in [-0.05, 0) is 68.1 Å². The standard InChI is InChI=1S/C34H43N3O6S/c1-5-30(34(39)35-27-14-7-6-8-15-27)36(23-26-13-11-12-25(2)22-26)33(38)24-37(31-16-9-10-17-32(31)43-4)44(40,41)29-20-18-28(42-3)19-21-29/h9-13,16-22,27,30H,5-8,14-15,23-24H2,1-4H3,(H,35,39). The third-order valence-corrected chi connectivity index (χ3v) is 9.83. The molecule has 0 radical (unpaired) electrons. The minimum Gasteiger partial charge on any atom is -0.497 e. The molecule has 44 heavy (non-hydrogen) atoms. The van der Waals surface area contributed by atoms with Gasteiger partial charge in [-0.3, -0.25) is 13.9 Å². The van der Waals surface area contributed by atoms with Crippen LogP contribution < -0.4 is 19.1 Å². The lowest BCUT2D eigenvalue weighted by molar-refractivity contribution is -0.140. The maximum atomic E-state index is 14.4. The molecule has 0 aliphatic heterocycles. The molecular weight excluding hydrogens is 578 g/mol. The number of benzene rings is 3. The third-order valence-electron chi connectivity index (χ3n) is 8.05. The molecule has 236 valence electrons. The second kappa shape index (κ2) is 15.1. The van der Waals surface area contributed by atoms with Crippen LogP contribution in [0.2, 0.25) is 0 Å². The second-order valence-corrected chi connectivity index (χ2v) is 13.0. The zero-order valence-electron chi connectivity index (χ0n) is 26.0. The van der Waals surface area contributed by atoms with Crippen LogP contribution in [0.15, 0.2) is 77.7 Å². The topological polar surface area (TPSA) is 105 Å². The van der Waals surface area contributed by atoms with E-state index >= 15 is 0 Å². The van der Waals surface area contributed by atoms with E-state index in [1.54, 1.807) is 36.4 Å². The minimum atomic E-state index is -4.25. The lowest BCUT2D eigenvalue weighted by Gasteiger charge is -2.34. The summed E-state index contributed by atoms with van der Waals surface area (Å²) < 4.78 is 40.1. The van der Waals surface area contributed by atoms with E-state index in [0.29, 0.717) is 17.9 Å². The smallest absolute Gasteiger partial charge is 0.264 e. The molecule has 1 aliphatic rings. The van der Waals surface area contributed by atoms with Gasteiger partial charge < -0.3 is 19.7 Å². The van der Waals surface area contributed by atoms with Gasteiger partial charge in [0.2, 0.25) is 11.8 Å². The first-order valence-corrected chi connectivity index (χ1v) is 16.6. The molecule has 0 aromatic heterocycles. The van der Waals surface area contributed by atoms with Crippen LogP contribution in [0, 0.1) is 6.92 Å². The molecule has 0 heterocycles. The van der Waals surface area contributed by atoms with E-state index < -0.39 is 28.5 Å². The fraction of sp³-hybridized carbons (Fsp3) is 0.412. The SMILES string of the molecule is CCC(C(=O)NC1CCCCC1)N(Cc1cccc(C)c1)C(=O)CN(c1ccccc1OC)S(=O)(=O)c1ccc(OC)cc1. The summed E-state index contributed by atoms with van der Waals surface area (Å²) in [5, 5.41) is 3.18. The average Bonchev–Trinajstić information content (AvgIpc) is 3.03. The fourth-order valence-corrected chi connectivity index (χ4v) is 7.12. The zero-order valence-corrected chi connectivity index (χ0v) is 26.8. The van der Waals surface area contributed by atoms with Gasteiger partial charge in [0.25, 0.3) is 10.0 Å². The number of hydrogen-bond acceptors (Lipinski definition) is 6. The lowest BCUT2D eigenvalue weighted by atomic mass is 9.95. The molecule has 10 heteroatoms. The highest BCUT2D eigenvalue weighted by atomic mass is 32.2. The van der Waals surface area contributed by atoms with E-state index in [1.807, 2.05) is 38.1 Å². The number of aryl methyl sites for hydroxylation is 1. The molecule has 1 N–H and O–H groups in total. The quantitative estimate of drug-likeness (QED) is 0.272. The van der Waals surface area contributed by atoms with Crippen LogP contribution in [0.4, 0.5) is 5.69 Å². The predicted octanol–water partition coefficient (Wildman–Crippen LogP) is 5.46. The molecule has 9 nitrogen and oxygen atoms in total. The number of amides is 2. The Kier molecular flexibility index (Phi) is 11.3. The summed E-state index contributed by atoms with van der Waals surface area (Å²) in [6.45, 7) is 3.45. The first-order chi connectivity index (χ1) is 21.2. The summed E-state index contributed by atoms with van der Waals surface area (Å²) in [7, 11) is -1.29. The highest BCUT2D eigenvalue weighted by Crippen LogP contribution is 2.33. The number of nitrogens with one attached hydrogen (secondary N) is 1. The second-order valence-electron chi connectivity index (χ2n) is 11.1. The van der Waals surface area contributed by atoms with Gasteiger partial charge in [0.05, 0.1) is 24.8 Å². The summed E-state index contributed by atoms with van der Waals surface area (Å²) in [6.07, 6.45) is 5.47. The van der Waals surface area contributed by atoms with Crippen molar-refractivity contribution in [2.75, 3.05) is 25.1 Å². The first kappa shape index (κ1) is 32.9. The maximum Gasteiger partial charge on any atom is 0.264 e. The molecule has 3 aromatic carbocycles. The number of sulfonamides is 1. The largest absolute Gasteiger partial charge is 0.497 e. The number of para-hydroxylation sites is 2. The number of methoxy groups -OCH3 is 2. The number of carbonyl (C=O) groups is 2. The average molecular weight is 622 g/mol. The number of anilines is 1. The molecule has 1 aliphatic carbocycles. The first-order valence-electron chi connectivity index (χ1n) is 15.1. The van der Waals surface area contributed by atoms with Crippen molar-refractivity contribution in [1.82, 2.24) is 10.2 Å². The molecule has 4 rings (SSSR count). The highest BCUT2D eigenvalue weighted by Gasteiger charge is 2.35.